The Hall–Kier alpha value is -1.01. The van der Waals surface area contributed by atoms with Crippen LogP contribution in [0.4, 0.5) is 0 Å². The number of hydrogen-bond acceptors (Lipinski definition) is 5. The topological polar surface area (TPSA) is 86.5 Å². The Labute approximate surface area is 84.9 Å². The Balaban J connectivity index is 2.37. The predicted octanol–water partition coefficient (Wildman–Crippen LogP) is -1.75. The van der Waals surface area contributed by atoms with Gasteiger partial charge in [0.15, 0.2) is 0 Å². The van der Waals surface area contributed by atoms with Crippen LogP contribution < -0.4 is 10.8 Å². The Bertz CT molecular complexity index is 352. The maximum atomic E-state index is 11.3. The molecule has 0 aromatic heterocycles. The molecule has 2 N–H and O–H groups in total. The lowest BCUT2D eigenvalue weighted by Gasteiger charge is -2.49. The van der Waals surface area contributed by atoms with Crippen molar-refractivity contribution in [3.8, 4) is 0 Å². The van der Waals surface area contributed by atoms with Gasteiger partial charge in [0.25, 0.3) is 0 Å². The Morgan fingerprint density at radius 3 is 2.93 bits per heavy atom. The van der Waals surface area contributed by atoms with Gasteiger partial charge in [-0.2, -0.15) is 0 Å². The third-order valence-corrected chi connectivity index (χ3v) is 3.84. The van der Waals surface area contributed by atoms with Crippen molar-refractivity contribution in [2.24, 2.45) is 5.73 Å². The number of fused-ring (bicyclic) bond motifs is 1. The van der Waals surface area contributed by atoms with Gasteiger partial charge >= 0.3 is 0 Å². The van der Waals surface area contributed by atoms with Crippen molar-refractivity contribution in [2.75, 3.05) is 5.75 Å². The molecule has 0 unspecified atom stereocenters. The first kappa shape index (κ1) is 9.54. The van der Waals surface area contributed by atoms with Crippen molar-refractivity contribution in [3.05, 3.63) is 11.3 Å². The summed E-state index contributed by atoms with van der Waals surface area (Å²) in [6.45, 7) is 1.69. The van der Waals surface area contributed by atoms with E-state index in [2.05, 4.69) is 0 Å². The summed E-state index contributed by atoms with van der Waals surface area (Å²) in [4.78, 5) is 23.3. The second kappa shape index (κ2) is 2.99. The highest BCUT2D eigenvalue weighted by molar-refractivity contribution is 8.00. The van der Waals surface area contributed by atoms with Crippen molar-refractivity contribution < 1.29 is 14.7 Å². The number of rotatable bonds is 1. The minimum absolute atomic E-state index is 0.000417. The monoisotopic (exact) mass is 213 g/mol. The van der Waals surface area contributed by atoms with Crippen LogP contribution in [0, 0.1) is 0 Å². The van der Waals surface area contributed by atoms with E-state index in [0.717, 1.165) is 0 Å². The van der Waals surface area contributed by atoms with Crippen LogP contribution in [-0.4, -0.2) is 33.9 Å². The molecular formula is C8H9N2O3S-. The lowest BCUT2D eigenvalue weighted by atomic mass is 10.0. The molecule has 1 saturated heterocycles. The van der Waals surface area contributed by atoms with Crippen LogP contribution in [0.3, 0.4) is 0 Å². The van der Waals surface area contributed by atoms with Gasteiger partial charge in [0.2, 0.25) is 5.91 Å². The summed E-state index contributed by atoms with van der Waals surface area (Å²) in [5.74, 6) is -1.04. The van der Waals surface area contributed by atoms with Gasteiger partial charge in [-0.3, -0.25) is 9.69 Å². The van der Waals surface area contributed by atoms with Crippen LogP contribution in [0.2, 0.25) is 0 Å². The molecule has 2 heterocycles. The molecule has 76 valence electrons. The van der Waals surface area contributed by atoms with E-state index in [1.807, 2.05) is 0 Å². The molecular weight excluding hydrogens is 204 g/mol. The van der Waals surface area contributed by atoms with Gasteiger partial charge in [0, 0.05) is 5.75 Å². The van der Waals surface area contributed by atoms with Crippen LogP contribution in [0.1, 0.15) is 6.92 Å². The smallest absolute Gasteiger partial charge is 0.248 e. The molecule has 0 saturated carbocycles. The average Bonchev–Trinajstić information content (AvgIpc) is 2.15. The lowest BCUT2D eigenvalue weighted by Crippen LogP contribution is -2.69. The van der Waals surface area contributed by atoms with E-state index in [1.54, 1.807) is 6.92 Å². The molecule has 2 atom stereocenters. The molecule has 0 spiro atoms. The summed E-state index contributed by atoms with van der Waals surface area (Å²) in [5.41, 5.74) is 6.20. The summed E-state index contributed by atoms with van der Waals surface area (Å²) in [6, 6.07) is -0.567. The van der Waals surface area contributed by atoms with Crippen LogP contribution in [-0.2, 0) is 9.59 Å². The molecule has 6 heteroatoms. The number of thioether (sulfide) groups is 1. The first-order chi connectivity index (χ1) is 6.54. The van der Waals surface area contributed by atoms with Crippen LogP contribution in [0.5, 0.6) is 0 Å². The number of nitrogens with two attached hydrogens (primary N) is 1. The fourth-order valence-corrected chi connectivity index (χ4v) is 2.90. The Kier molecular flexibility index (Phi) is 2.04. The van der Waals surface area contributed by atoms with Crippen LogP contribution >= 0.6 is 11.8 Å². The van der Waals surface area contributed by atoms with E-state index in [4.69, 9.17) is 5.73 Å². The summed E-state index contributed by atoms with van der Waals surface area (Å²) in [7, 11) is 0. The zero-order valence-corrected chi connectivity index (χ0v) is 8.34. The number of carbonyl (C=O) groups is 2. The van der Waals surface area contributed by atoms with E-state index in [1.165, 1.54) is 16.7 Å². The average molecular weight is 213 g/mol. The Morgan fingerprint density at radius 2 is 2.36 bits per heavy atom. The van der Waals surface area contributed by atoms with Crippen molar-refractivity contribution in [1.29, 1.82) is 0 Å². The first-order valence-corrected chi connectivity index (χ1v) is 5.20. The summed E-state index contributed by atoms with van der Waals surface area (Å²) < 4.78 is 0. The van der Waals surface area contributed by atoms with Crippen LogP contribution in [0.15, 0.2) is 11.3 Å². The third-order valence-electron chi connectivity index (χ3n) is 2.39. The summed E-state index contributed by atoms with van der Waals surface area (Å²) in [5, 5.41) is 10.6. The van der Waals surface area contributed by atoms with E-state index >= 15 is 0 Å². The molecule has 0 bridgehead atoms. The molecule has 5 nitrogen and oxygen atoms in total. The second-order valence-electron chi connectivity index (χ2n) is 3.35. The first-order valence-electron chi connectivity index (χ1n) is 4.15. The Morgan fingerprint density at radius 1 is 1.71 bits per heavy atom. The standard InChI is InChI=1S/C8H10N2O3S/c1-3-2-14-7-4(9)6(11)10(7)5(3)8(12)13/h4,7H,2,9H2,1H3,(H,12,13)/p-1/t4-,7-/m1/s1. The normalized spacial score (nSPS) is 31.3. The number of hydrogen-bond donors (Lipinski definition) is 1. The highest BCUT2D eigenvalue weighted by Crippen LogP contribution is 2.38. The van der Waals surface area contributed by atoms with Gasteiger partial charge in [-0.1, -0.05) is 0 Å². The highest BCUT2D eigenvalue weighted by Gasteiger charge is 2.49. The number of carboxylic acid groups (broad SMARTS) is 1. The van der Waals surface area contributed by atoms with E-state index in [9.17, 15) is 14.7 Å². The molecule has 0 radical (unpaired) electrons. The quantitative estimate of drug-likeness (QED) is 0.522. The molecule has 0 aromatic rings. The summed E-state index contributed by atoms with van der Waals surface area (Å²) >= 11 is 1.49. The predicted molar refractivity (Wildman–Crippen MR) is 48.8 cm³/mol. The number of β-lactam (4-membered cyclic amide) rings is 1. The molecule has 1 fully saturated rings. The fraction of sp³-hybridized carbons (Fsp3) is 0.500. The van der Waals surface area contributed by atoms with Crippen molar-refractivity contribution in [3.63, 3.8) is 0 Å². The van der Waals surface area contributed by atoms with Gasteiger partial charge in [0.1, 0.15) is 11.4 Å². The second-order valence-corrected chi connectivity index (χ2v) is 4.46. The fourth-order valence-electron chi connectivity index (χ4n) is 1.66. The van der Waals surface area contributed by atoms with Crippen LogP contribution in [0.25, 0.3) is 0 Å². The van der Waals surface area contributed by atoms with E-state index < -0.39 is 12.0 Å². The molecule has 2 rings (SSSR count). The van der Waals surface area contributed by atoms with Crippen molar-refractivity contribution in [2.45, 2.75) is 18.3 Å². The molecule has 2 aliphatic rings. The van der Waals surface area contributed by atoms with Gasteiger partial charge in [-0.05, 0) is 12.5 Å². The zero-order chi connectivity index (χ0) is 10.5. The molecule has 2 aliphatic heterocycles. The van der Waals surface area contributed by atoms with Crippen molar-refractivity contribution >= 4 is 23.6 Å². The molecule has 1 amide bonds. The van der Waals surface area contributed by atoms with Gasteiger partial charge in [-0.25, -0.2) is 0 Å². The maximum absolute atomic E-state index is 11.3. The molecule has 14 heavy (non-hydrogen) atoms. The number of aliphatic carboxylic acids is 1. The highest BCUT2D eigenvalue weighted by atomic mass is 32.2. The SMILES string of the molecule is CC1=C(C(=O)[O-])N2C(=O)[C@@H](N)[C@H]2SC1. The van der Waals surface area contributed by atoms with Gasteiger partial charge in [0.05, 0.1) is 11.7 Å². The minimum Gasteiger partial charge on any atom is -0.543 e. The molecule has 0 aliphatic carbocycles. The number of carboxylic acids is 1. The number of nitrogens with zero attached hydrogens (tertiary/aromatic N) is 1. The van der Waals surface area contributed by atoms with E-state index in [0.29, 0.717) is 11.3 Å². The summed E-state index contributed by atoms with van der Waals surface area (Å²) in [6.07, 6.45) is 0. The van der Waals surface area contributed by atoms with E-state index in [-0.39, 0.29) is 17.0 Å². The van der Waals surface area contributed by atoms with Gasteiger partial charge < -0.3 is 15.6 Å². The van der Waals surface area contributed by atoms with Crippen molar-refractivity contribution in [1.82, 2.24) is 4.90 Å². The molecule has 0 aromatic carbocycles. The minimum atomic E-state index is -1.30. The lowest BCUT2D eigenvalue weighted by molar-refractivity contribution is -0.301. The maximum Gasteiger partial charge on any atom is 0.248 e. The van der Waals surface area contributed by atoms with Gasteiger partial charge in [-0.15, -0.1) is 11.8 Å². The largest absolute Gasteiger partial charge is 0.543 e. The third kappa shape index (κ3) is 1.07. The number of amides is 1. The number of carbonyl (C=O) groups excluding carboxylic acids is 2. The zero-order valence-electron chi connectivity index (χ0n) is 7.52.